The van der Waals surface area contributed by atoms with E-state index in [1.54, 1.807) is 24.3 Å². The van der Waals surface area contributed by atoms with Crippen molar-refractivity contribution in [2.75, 3.05) is 11.1 Å². The molecule has 0 aliphatic carbocycles. The van der Waals surface area contributed by atoms with Crippen LogP contribution < -0.4 is 15.8 Å². The maximum atomic E-state index is 10.5. The van der Waals surface area contributed by atoms with Gasteiger partial charge in [0.1, 0.15) is 23.0 Å². The number of hydrogen-bond donors (Lipinski definition) is 2. The molecule has 4 rings (SSSR count). The largest absolute Gasteiger partial charge is 0.457 e. The highest BCUT2D eigenvalue weighted by Gasteiger charge is 2.06. The van der Waals surface area contributed by atoms with E-state index in [9.17, 15) is 4.91 Å². The second-order valence-electron chi connectivity index (χ2n) is 6.20. The third kappa shape index (κ3) is 4.54. The molecule has 0 bridgehead atoms. The van der Waals surface area contributed by atoms with Crippen molar-refractivity contribution in [3.05, 3.63) is 89.8 Å². The molecule has 1 heterocycles. The summed E-state index contributed by atoms with van der Waals surface area (Å²) < 4.78 is 5.76. The Kier molecular flexibility index (Phi) is 5.11. The van der Waals surface area contributed by atoms with E-state index in [4.69, 9.17) is 10.5 Å². The summed E-state index contributed by atoms with van der Waals surface area (Å²) in [6, 6.07) is 25.6. The van der Waals surface area contributed by atoms with E-state index in [1.165, 1.54) is 0 Å². The lowest BCUT2D eigenvalue weighted by Gasteiger charge is -2.10. The molecule has 0 unspecified atom stereocenters. The normalized spacial score (nSPS) is 10.3. The van der Waals surface area contributed by atoms with E-state index in [1.807, 2.05) is 60.7 Å². The van der Waals surface area contributed by atoms with Gasteiger partial charge in [0, 0.05) is 17.3 Å². The van der Waals surface area contributed by atoms with Crippen LogP contribution in [0.25, 0.3) is 11.3 Å². The van der Waals surface area contributed by atoms with Crippen molar-refractivity contribution in [2.45, 2.75) is 0 Å². The van der Waals surface area contributed by atoms with Gasteiger partial charge in [-0.05, 0) is 53.7 Å². The van der Waals surface area contributed by atoms with Gasteiger partial charge < -0.3 is 15.8 Å². The van der Waals surface area contributed by atoms with Crippen molar-refractivity contribution >= 4 is 23.1 Å². The molecule has 0 atom stereocenters. The Balaban J connectivity index is 1.48. The summed E-state index contributed by atoms with van der Waals surface area (Å²) in [5.41, 5.74) is 8.77. The van der Waals surface area contributed by atoms with Crippen molar-refractivity contribution in [1.82, 2.24) is 9.97 Å². The highest BCUT2D eigenvalue weighted by molar-refractivity contribution is 5.67. The summed E-state index contributed by atoms with van der Waals surface area (Å²) in [6.45, 7) is 0. The Bertz CT molecular complexity index is 1110. The van der Waals surface area contributed by atoms with E-state index in [0.29, 0.717) is 23.0 Å². The van der Waals surface area contributed by atoms with Crippen LogP contribution in [0.3, 0.4) is 0 Å². The Morgan fingerprint density at radius 3 is 2.14 bits per heavy atom. The molecule has 7 nitrogen and oxygen atoms in total. The summed E-state index contributed by atoms with van der Waals surface area (Å²) in [5, 5.41) is 6.10. The first-order valence-corrected chi connectivity index (χ1v) is 8.88. The number of hydrogen-bond acceptors (Lipinski definition) is 7. The number of nitrogens with two attached hydrogens (primary N) is 1. The van der Waals surface area contributed by atoms with Gasteiger partial charge in [0.2, 0.25) is 5.95 Å². The van der Waals surface area contributed by atoms with Crippen LogP contribution in [0.5, 0.6) is 11.5 Å². The molecular weight excluding hydrogens is 366 g/mol. The van der Waals surface area contributed by atoms with Gasteiger partial charge in [-0.3, -0.25) is 0 Å². The molecule has 0 saturated carbocycles. The topological polar surface area (TPSA) is 102 Å². The fourth-order valence-electron chi connectivity index (χ4n) is 2.75. The third-order valence-corrected chi connectivity index (χ3v) is 4.12. The number of nitrogens with zero attached hydrogens (tertiary/aromatic N) is 3. The molecule has 1 aromatic heterocycles. The first-order valence-electron chi connectivity index (χ1n) is 8.88. The van der Waals surface area contributed by atoms with Gasteiger partial charge in [-0.25, -0.2) is 4.98 Å². The fraction of sp³-hybridized carbons (Fsp3) is 0. The van der Waals surface area contributed by atoms with Crippen LogP contribution in [0, 0.1) is 4.91 Å². The summed E-state index contributed by atoms with van der Waals surface area (Å²) in [6.07, 6.45) is 0. The van der Waals surface area contributed by atoms with Crippen molar-refractivity contribution < 1.29 is 4.74 Å². The van der Waals surface area contributed by atoms with Crippen molar-refractivity contribution in [2.24, 2.45) is 5.18 Å². The Morgan fingerprint density at radius 2 is 1.48 bits per heavy atom. The highest BCUT2D eigenvalue weighted by Crippen LogP contribution is 2.27. The van der Waals surface area contributed by atoms with Crippen LogP contribution in [0.1, 0.15) is 0 Å². The second kappa shape index (κ2) is 8.18. The molecule has 29 heavy (non-hydrogen) atoms. The lowest BCUT2D eigenvalue weighted by molar-refractivity contribution is 0.483. The zero-order chi connectivity index (χ0) is 20.1. The van der Waals surface area contributed by atoms with E-state index in [2.05, 4.69) is 20.5 Å². The van der Waals surface area contributed by atoms with Crippen LogP contribution in [0.2, 0.25) is 0 Å². The van der Waals surface area contributed by atoms with Crippen LogP contribution in [0.4, 0.5) is 23.1 Å². The van der Waals surface area contributed by atoms with E-state index >= 15 is 0 Å². The molecule has 3 N–H and O–H groups in total. The Morgan fingerprint density at radius 1 is 0.828 bits per heavy atom. The molecule has 0 saturated heterocycles. The quantitative estimate of drug-likeness (QED) is 0.417. The monoisotopic (exact) mass is 383 g/mol. The number of nitrogen functional groups attached to an aromatic ring is 1. The summed E-state index contributed by atoms with van der Waals surface area (Å²) >= 11 is 0. The van der Waals surface area contributed by atoms with Gasteiger partial charge in [-0.15, -0.1) is 4.91 Å². The molecule has 7 heteroatoms. The predicted octanol–water partition coefficient (Wildman–Crippen LogP) is 5.66. The molecule has 4 aromatic rings. The zero-order valence-electron chi connectivity index (χ0n) is 15.3. The number of nitroso groups, excluding NO2 is 1. The van der Waals surface area contributed by atoms with Gasteiger partial charge in [-0.2, -0.15) is 4.98 Å². The number of aromatic nitrogens is 2. The molecule has 0 fully saturated rings. The molecule has 0 radical (unpaired) electrons. The van der Waals surface area contributed by atoms with Crippen LogP contribution >= 0.6 is 0 Å². The second-order valence-corrected chi connectivity index (χ2v) is 6.20. The summed E-state index contributed by atoms with van der Waals surface area (Å²) in [4.78, 5) is 19.0. The molecule has 142 valence electrons. The van der Waals surface area contributed by atoms with Crippen LogP contribution in [-0.2, 0) is 0 Å². The number of nitrogens with one attached hydrogen (secondary N) is 1. The smallest absolute Gasteiger partial charge is 0.222 e. The summed E-state index contributed by atoms with van der Waals surface area (Å²) in [7, 11) is 0. The van der Waals surface area contributed by atoms with Gasteiger partial charge in [0.05, 0.1) is 5.69 Å². The number of anilines is 3. The zero-order valence-corrected chi connectivity index (χ0v) is 15.3. The molecule has 3 aromatic carbocycles. The maximum Gasteiger partial charge on any atom is 0.222 e. The number of rotatable bonds is 6. The van der Waals surface area contributed by atoms with Crippen molar-refractivity contribution in [1.29, 1.82) is 0 Å². The summed E-state index contributed by atoms with van der Waals surface area (Å²) in [5.74, 6) is 2.08. The molecule has 0 aliphatic rings. The highest BCUT2D eigenvalue weighted by atomic mass is 16.5. The SMILES string of the molecule is Nc1nc(Nc2ccc(Oc3ccc(N=O)cc3)cc2)cc(-c2ccccc2)n1. The molecule has 0 amide bonds. The maximum absolute atomic E-state index is 10.5. The molecular formula is C22H17N5O2. The van der Waals surface area contributed by atoms with Gasteiger partial charge in [0.15, 0.2) is 0 Å². The van der Waals surface area contributed by atoms with E-state index < -0.39 is 0 Å². The van der Waals surface area contributed by atoms with E-state index in [0.717, 1.165) is 16.9 Å². The van der Waals surface area contributed by atoms with Crippen LogP contribution in [-0.4, -0.2) is 9.97 Å². The Hall–Kier alpha value is -4.26. The van der Waals surface area contributed by atoms with Crippen molar-refractivity contribution in [3.8, 4) is 22.8 Å². The molecule has 0 spiro atoms. The van der Waals surface area contributed by atoms with E-state index in [-0.39, 0.29) is 5.95 Å². The minimum absolute atomic E-state index is 0.196. The standard InChI is InChI=1S/C22H17N5O2/c23-22-25-20(15-4-2-1-3-5-15)14-21(26-22)24-16-6-10-18(11-7-16)29-19-12-8-17(27-28)9-13-19/h1-14H,(H3,23,24,25,26). The fourth-order valence-corrected chi connectivity index (χ4v) is 2.75. The third-order valence-electron chi connectivity index (χ3n) is 4.12. The van der Waals surface area contributed by atoms with Crippen LogP contribution in [0.15, 0.2) is 90.1 Å². The lowest BCUT2D eigenvalue weighted by Crippen LogP contribution is -2.01. The number of benzene rings is 3. The lowest BCUT2D eigenvalue weighted by atomic mass is 10.1. The van der Waals surface area contributed by atoms with Gasteiger partial charge >= 0.3 is 0 Å². The minimum Gasteiger partial charge on any atom is -0.457 e. The van der Waals surface area contributed by atoms with Gasteiger partial charge in [-0.1, -0.05) is 30.3 Å². The first kappa shape index (κ1) is 18.1. The Labute approximate surface area is 167 Å². The molecule has 0 aliphatic heterocycles. The number of ether oxygens (including phenoxy) is 1. The predicted molar refractivity (Wildman–Crippen MR) is 114 cm³/mol. The van der Waals surface area contributed by atoms with Crippen molar-refractivity contribution in [3.63, 3.8) is 0 Å². The van der Waals surface area contributed by atoms with Gasteiger partial charge in [0.25, 0.3) is 0 Å². The average Bonchev–Trinajstić information content (AvgIpc) is 2.76. The minimum atomic E-state index is 0.196. The first-order chi connectivity index (χ1) is 14.2. The average molecular weight is 383 g/mol.